The SMILES string of the molecule is OCC(CO)CON=C1CN(c2ncc(Br)cn2)C1. The molecule has 0 aliphatic carbocycles. The van der Waals surface area contributed by atoms with Crippen LogP contribution in [0, 0.1) is 5.92 Å². The maximum Gasteiger partial charge on any atom is 0.226 e. The molecule has 1 aromatic rings. The Labute approximate surface area is 119 Å². The average molecular weight is 331 g/mol. The molecule has 1 saturated heterocycles. The molecule has 0 aromatic carbocycles. The highest BCUT2D eigenvalue weighted by molar-refractivity contribution is 9.10. The van der Waals surface area contributed by atoms with E-state index in [0.29, 0.717) is 19.0 Å². The summed E-state index contributed by atoms with van der Waals surface area (Å²) < 4.78 is 0.841. The van der Waals surface area contributed by atoms with Crippen molar-refractivity contribution in [1.29, 1.82) is 0 Å². The predicted molar refractivity (Wildman–Crippen MR) is 73.0 cm³/mol. The van der Waals surface area contributed by atoms with Gasteiger partial charge in [0.1, 0.15) is 6.61 Å². The Morgan fingerprint density at radius 1 is 1.32 bits per heavy atom. The lowest BCUT2D eigenvalue weighted by atomic mass is 10.2. The molecule has 1 aromatic heterocycles. The standard InChI is InChI=1S/C11H15BrN4O3/c12-9-1-13-11(14-2-9)16-3-10(4-16)15-19-7-8(5-17)6-18/h1-2,8,17-18H,3-7H2. The van der Waals surface area contributed by atoms with E-state index in [1.807, 2.05) is 4.90 Å². The van der Waals surface area contributed by atoms with Crippen LogP contribution in [0.3, 0.4) is 0 Å². The summed E-state index contributed by atoms with van der Waals surface area (Å²) in [4.78, 5) is 15.4. The van der Waals surface area contributed by atoms with Gasteiger partial charge in [-0.25, -0.2) is 9.97 Å². The highest BCUT2D eigenvalue weighted by Gasteiger charge is 2.24. The molecule has 7 nitrogen and oxygen atoms in total. The van der Waals surface area contributed by atoms with Crippen molar-refractivity contribution < 1.29 is 15.1 Å². The van der Waals surface area contributed by atoms with E-state index in [1.54, 1.807) is 12.4 Å². The van der Waals surface area contributed by atoms with Crippen LogP contribution in [0.5, 0.6) is 0 Å². The molecule has 0 atom stereocenters. The third-order valence-corrected chi connectivity index (χ3v) is 3.07. The smallest absolute Gasteiger partial charge is 0.226 e. The highest BCUT2D eigenvalue weighted by Crippen LogP contribution is 2.15. The number of hydrogen-bond acceptors (Lipinski definition) is 7. The van der Waals surface area contributed by atoms with Gasteiger partial charge in [0, 0.05) is 18.3 Å². The lowest BCUT2D eigenvalue weighted by Gasteiger charge is -2.31. The second-order valence-electron chi connectivity index (χ2n) is 4.24. The number of rotatable bonds is 6. The number of nitrogens with zero attached hydrogens (tertiary/aromatic N) is 4. The van der Waals surface area contributed by atoms with E-state index < -0.39 is 0 Å². The minimum atomic E-state index is -0.282. The van der Waals surface area contributed by atoms with Gasteiger partial charge in [0.05, 0.1) is 36.5 Å². The van der Waals surface area contributed by atoms with Crippen LogP contribution in [0.1, 0.15) is 0 Å². The van der Waals surface area contributed by atoms with Gasteiger partial charge in [0.2, 0.25) is 5.95 Å². The summed E-state index contributed by atoms with van der Waals surface area (Å²) in [7, 11) is 0. The molecule has 1 fully saturated rings. The van der Waals surface area contributed by atoms with Crippen LogP contribution in [0.15, 0.2) is 22.0 Å². The molecule has 8 heteroatoms. The van der Waals surface area contributed by atoms with Crippen LogP contribution in [0.2, 0.25) is 0 Å². The summed E-state index contributed by atoms with van der Waals surface area (Å²) in [5, 5.41) is 21.7. The van der Waals surface area contributed by atoms with E-state index >= 15 is 0 Å². The number of anilines is 1. The summed E-state index contributed by atoms with van der Waals surface area (Å²) in [6.45, 7) is 1.25. The van der Waals surface area contributed by atoms with E-state index in [4.69, 9.17) is 15.1 Å². The van der Waals surface area contributed by atoms with Crippen molar-refractivity contribution in [3.8, 4) is 0 Å². The summed E-state index contributed by atoms with van der Waals surface area (Å²) in [5.74, 6) is 0.376. The fraction of sp³-hybridized carbons (Fsp3) is 0.545. The molecule has 2 N–H and O–H groups in total. The van der Waals surface area contributed by atoms with Crippen molar-refractivity contribution in [1.82, 2.24) is 9.97 Å². The van der Waals surface area contributed by atoms with E-state index in [-0.39, 0.29) is 25.7 Å². The van der Waals surface area contributed by atoms with Gasteiger partial charge in [-0.2, -0.15) is 0 Å². The van der Waals surface area contributed by atoms with Crippen molar-refractivity contribution in [2.24, 2.45) is 11.1 Å². The van der Waals surface area contributed by atoms with Gasteiger partial charge >= 0.3 is 0 Å². The van der Waals surface area contributed by atoms with Gasteiger partial charge in [-0.3, -0.25) is 0 Å². The number of halogens is 1. The molecule has 104 valence electrons. The Bertz CT molecular complexity index is 428. The van der Waals surface area contributed by atoms with Crippen molar-refractivity contribution in [3.05, 3.63) is 16.9 Å². The first-order valence-corrected chi connectivity index (χ1v) is 6.64. The van der Waals surface area contributed by atoms with Crippen LogP contribution < -0.4 is 4.90 Å². The van der Waals surface area contributed by atoms with E-state index in [1.165, 1.54) is 0 Å². The molecule has 0 saturated carbocycles. The third kappa shape index (κ3) is 3.85. The minimum absolute atomic E-state index is 0.111. The molecule has 0 amide bonds. The zero-order chi connectivity index (χ0) is 13.7. The molecular weight excluding hydrogens is 316 g/mol. The van der Waals surface area contributed by atoms with Gasteiger partial charge in [0.15, 0.2) is 0 Å². The minimum Gasteiger partial charge on any atom is -0.396 e. The van der Waals surface area contributed by atoms with Crippen LogP contribution in [0.4, 0.5) is 5.95 Å². The Hall–Kier alpha value is -1.25. The lowest BCUT2D eigenvalue weighted by Crippen LogP contribution is -2.48. The van der Waals surface area contributed by atoms with Crippen molar-refractivity contribution in [3.63, 3.8) is 0 Å². The average Bonchev–Trinajstić information content (AvgIpc) is 2.38. The fourth-order valence-corrected chi connectivity index (χ4v) is 1.66. The highest BCUT2D eigenvalue weighted by atomic mass is 79.9. The Morgan fingerprint density at radius 2 is 1.95 bits per heavy atom. The number of aliphatic hydroxyl groups is 2. The molecular formula is C11H15BrN4O3. The molecule has 19 heavy (non-hydrogen) atoms. The Kier molecular flexibility index (Phi) is 5.06. The summed E-state index contributed by atoms with van der Waals surface area (Å²) in [6, 6.07) is 0. The molecule has 0 bridgehead atoms. The number of oxime groups is 1. The maximum absolute atomic E-state index is 8.86. The molecule has 1 aliphatic heterocycles. The zero-order valence-electron chi connectivity index (χ0n) is 10.2. The summed E-state index contributed by atoms with van der Waals surface area (Å²) in [5.41, 5.74) is 0.890. The van der Waals surface area contributed by atoms with E-state index in [0.717, 1.165) is 10.2 Å². The van der Waals surface area contributed by atoms with Crippen molar-refractivity contribution >= 4 is 27.6 Å². The number of aliphatic hydroxyl groups excluding tert-OH is 2. The van der Waals surface area contributed by atoms with Gasteiger partial charge in [-0.1, -0.05) is 5.16 Å². The predicted octanol–water partition coefficient (Wildman–Crippen LogP) is 0.0325. The van der Waals surface area contributed by atoms with Crippen LogP contribution in [-0.4, -0.2) is 58.8 Å². The van der Waals surface area contributed by atoms with Crippen molar-refractivity contribution in [2.75, 3.05) is 37.8 Å². The quantitative estimate of drug-likeness (QED) is 0.715. The van der Waals surface area contributed by atoms with Gasteiger partial charge < -0.3 is 20.0 Å². The zero-order valence-corrected chi connectivity index (χ0v) is 11.8. The fourth-order valence-electron chi connectivity index (χ4n) is 1.46. The van der Waals surface area contributed by atoms with Crippen LogP contribution in [0.25, 0.3) is 0 Å². The number of aromatic nitrogens is 2. The van der Waals surface area contributed by atoms with Crippen LogP contribution >= 0.6 is 15.9 Å². The molecule has 0 unspecified atom stereocenters. The third-order valence-electron chi connectivity index (χ3n) is 2.66. The molecule has 0 radical (unpaired) electrons. The first kappa shape index (κ1) is 14.2. The largest absolute Gasteiger partial charge is 0.396 e. The summed E-state index contributed by atoms with van der Waals surface area (Å²) in [6.07, 6.45) is 3.39. The van der Waals surface area contributed by atoms with Crippen molar-refractivity contribution in [2.45, 2.75) is 0 Å². The second-order valence-corrected chi connectivity index (χ2v) is 5.16. The second kappa shape index (κ2) is 6.78. The lowest BCUT2D eigenvalue weighted by molar-refractivity contribution is 0.0477. The first-order valence-electron chi connectivity index (χ1n) is 5.85. The molecule has 2 rings (SSSR count). The maximum atomic E-state index is 8.86. The number of hydrogen-bond donors (Lipinski definition) is 2. The normalized spacial score (nSPS) is 14.5. The van der Waals surface area contributed by atoms with E-state index in [9.17, 15) is 0 Å². The van der Waals surface area contributed by atoms with Gasteiger partial charge in [0.25, 0.3) is 0 Å². The Balaban J connectivity index is 1.75. The topological polar surface area (TPSA) is 91.1 Å². The Morgan fingerprint density at radius 3 is 2.53 bits per heavy atom. The van der Waals surface area contributed by atoms with E-state index in [2.05, 4.69) is 31.1 Å². The molecule has 2 heterocycles. The molecule has 0 spiro atoms. The monoisotopic (exact) mass is 330 g/mol. The summed E-state index contributed by atoms with van der Waals surface area (Å²) >= 11 is 3.28. The van der Waals surface area contributed by atoms with Crippen LogP contribution in [-0.2, 0) is 4.84 Å². The van der Waals surface area contributed by atoms with Gasteiger partial charge in [-0.05, 0) is 15.9 Å². The first-order chi connectivity index (χ1) is 9.22. The van der Waals surface area contributed by atoms with Gasteiger partial charge in [-0.15, -0.1) is 0 Å². The molecule has 1 aliphatic rings.